The third-order valence-corrected chi connectivity index (χ3v) is 4.52. The van der Waals surface area contributed by atoms with Crippen molar-refractivity contribution in [1.82, 2.24) is 20.9 Å². The molecule has 1 aliphatic rings. The van der Waals surface area contributed by atoms with E-state index in [9.17, 15) is 9.59 Å². The van der Waals surface area contributed by atoms with E-state index in [4.69, 9.17) is 4.74 Å². The van der Waals surface area contributed by atoms with E-state index in [-0.39, 0.29) is 24.0 Å². The minimum absolute atomic E-state index is 0.112. The number of carbonyl (C=O) groups excluding carboxylic acids is 2. The van der Waals surface area contributed by atoms with Crippen LogP contribution in [0, 0.1) is 0 Å². The second-order valence-electron chi connectivity index (χ2n) is 7.29. The van der Waals surface area contributed by atoms with Crippen molar-refractivity contribution in [2.24, 2.45) is 4.99 Å². The number of rotatable bonds is 7. The third kappa shape index (κ3) is 6.53. The number of piperazine rings is 1. The number of carbonyl (C=O) groups is 2. The van der Waals surface area contributed by atoms with E-state index in [1.54, 1.807) is 24.1 Å². The van der Waals surface area contributed by atoms with Crippen molar-refractivity contribution in [3.05, 3.63) is 35.4 Å². The first-order chi connectivity index (χ1) is 13.3. The highest BCUT2D eigenvalue weighted by atomic mass is 16.5. The van der Waals surface area contributed by atoms with E-state index in [1.807, 2.05) is 32.9 Å². The number of aliphatic imine (C=N–C) groups is 1. The van der Waals surface area contributed by atoms with Gasteiger partial charge in [0, 0.05) is 38.9 Å². The Bertz CT molecular complexity index is 700. The van der Waals surface area contributed by atoms with E-state index < -0.39 is 0 Å². The van der Waals surface area contributed by atoms with Gasteiger partial charge in [0.1, 0.15) is 0 Å². The Balaban J connectivity index is 1.96. The molecule has 2 rings (SSSR count). The highest BCUT2D eigenvalue weighted by Crippen LogP contribution is 2.10. The van der Waals surface area contributed by atoms with E-state index in [0.29, 0.717) is 37.7 Å². The molecule has 8 heteroatoms. The maximum atomic E-state index is 12.5. The van der Waals surface area contributed by atoms with Gasteiger partial charge in [-0.1, -0.05) is 12.1 Å². The van der Waals surface area contributed by atoms with Crippen LogP contribution in [0.5, 0.6) is 0 Å². The summed E-state index contributed by atoms with van der Waals surface area (Å²) in [7, 11) is 1.69. The quantitative estimate of drug-likeness (QED) is 0.472. The second-order valence-corrected chi connectivity index (χ2v) is 7.29. The molecule has 1 aromatic carbocycles. The van der Waals surface area contributed by atoms with Gasteiger partial charge in [-0.15, -0.1) is 0 Å². The second kappa shape index (κ2) is 10.1. The molecule has 1 aliphatic heterocycles. The van der Waals surface area contributed by atoms with Gasteiger partial charge < -0.3 is 25.6 Å². The molecule has 0 unspecified atom stereocenters. The minimum Gasteiger partial charge on any atom is -0.377 e. The lowest BCUT2D eigenvalue weighted by Crippen LogP contribution is -2.49. The Morgan fingerprint density at radius 1 is 1.29 bits per heavy atom. The SMILES string of the molecule is CCNC(=NCc1ccc(C(=O)N2CCNC(=O)C2)cc1)NCC(C)(C)OC. The first-order valence-electron chi connectivity index (χ1n) is 9.57. The van der Waals surface area contributed by atoms with Gasteiger partial charge in [-0.25, -0.2) is 4.99 Å². The van der Waals surface area contributed by atoms with E-state index in [2.05, 4.69) is 20.9 Å². The van der Waals surface area contributed by atoms with Crippen LogP contribution >= 0.6 is 0 Å². The van der Waals surface area contributed by atoms with Crippen LogP contribution in [0.15, 0.2) is 29.3 Å². The third-order valence-electron chi connectivity index (χ3n) is 4.52. The number of hydrogen-bond acceptors (Lipinski definition) is 4. The van der Waals surface area contributed by atoms with Gasteiger partial charge in [0.15, 0.2) is 5.96 Å². The zero-order chi connectivity index (χ0) is 20.6. The molecule has 1 fully saturated rings. The molecule has 154 valence electrons. The molecule has 0 atom stereocenters. The Morgan fingerprint density at radius 2 is 2.00 bits per heavy atom. The summed E-state index contributed by atoms with van der Waals surface area (Å²) in [5, 5.41) is 9.21. The number of benzene rings is 1. The highest BCUT2D eigenvalue weighted by Gasteiger charge is 2.22. The first-order valence-corrected chi connectivity index (χ1v) is 9.57. The molecule has 2 amide bonds. The molecular weight excluding hydrogens is 358 g/mol. The van der Waals surface area contributed by atoms with E-state index in [0.717, 1.165) is 12.1 Å². The van der Waals surface area contributed by atoms with E-state index in [1.165, 1.54) is 0 Å². The van der Waals surface area contributed by atoms with Crippen LogP contribution in [-0.2, 0) is 16.1 Å². The molecule has 0 spiro atoms. The molecule has 8 nitrogen and oxygen atoms in total. The van der Waals surface area contributed by atoms with Crippen LogP contribution in [-0.4, -0.2) is 68.1 Å². The summed E-state index contributed by atoms with van der Waals surface area (Å²) in [6.07, 6.45) is 0. The number of nitrogens with zero attached hydrogens (tertiary/aromatic N) is 2. The monoisotopic (exact) mass is 389 g/mol. The molecule has 28 heavy (non-hydrogen) atoms. The van der Waals surface area contributed by atoms with E-state index >= 15 is 0 Å². The summed E-state index contributed by atoms with van der Waals surface area (Å²) in [5.41, 5.74) is 1.29. The van der Waals surface area contributed by atoms with Gasteiger partial charge in [0.25, 0.3) is 5.91 Å². The number of amides is 2. The fraction of sp³-hybridized carbons (Fsp3) is 0.550. The predicted octanol–water partition coefficient (Wildman–Crippen LogP) is 0.739. The Morgan fingerprint density at radius 3 is 2.61 bits per heavy atom. The maximum absolute atomic E-state index is 12.5. The molecule has 0 saturated carbocycles. The lowest BCUT2D eigenvalue weighted by Gasteiger charge is -2.26. The van der Waals surface area contributed by atoms with Crippen LogP contribution in [0.25, 0.3) is 0 Å². The topological polar surface area (TPSA) is 95.1 Å². The number of guanidine groups is 1. The summed E-state index contributed by atoms with van der Waals surface area (Å²) in [5.74, 6) is 0.472. The summed E-state index contributed by atoms with van der Waals surface area (Å²) >= 11 is 0. The van der Waals surface area contributed by atoms with Gasteiger partial charge in [-0.3, -0.25) is 9.59 Å². The van der Waals surface area contributed by atoms with Crippen molar-refractivity contribution in [3.8, 4) is 0 Å². The predicted molar refractivity (Wildman–Crippen MR) is 109 cm³/mol. The van der Waals surface area contributed by atoms with Gasteiger partial charge in [0.05, 0.1) is 18.7 Å². The van der Waals surface area contributed by atoms with Crippen molar-refractivity contribution >= 4 is 17.8 Å². The molecule has 0 radical (unpaired) electrons. The van der Waals surface area contributed by atoms with Crippen molar-refractivity contribution in [2.45, 2.75) is 32.9 Å². The van der Waals surface area contributed by atoms with Crippen molar-refractivity contribution in [1.29, 1.82) is 0 Å². The lowest BCUT2D eigenvalue weighted by atomic mass is 10.1. The minimum atomic E-state index is -0.288. The average molecular weight is 390 g/mol. The Labute approximate surface area is 166 Å². The zero-order valence-corrected chi connectivity index (χ0v) is 17.2. The van der Waals surface area contributed by atoms with Crippen molar-refractivity contribution < 1.29 is 14.3 Å². The van der Waals surface area contributed by atoms with Crippen LogP contribution in [0.3, 0.4) is 0 Å². The molecule has 1 saturated heterocycles. The lowest BCUT2D eigenvalue weighted by molar-refractivity contribution is -0.123. The normalized spacial score (nSPS) is 15.2. The number of nitrogens with one attached hydrogen (secondary N) is 3. The smallest absolute Gasteiger partial charge is 0.254 e. The standard InChI is InChI=1S/C20H31N5O3/c1-5-21-19(24-14-20(2,3)28-4)23-12-15-6-8-16(9-7-15)18(27)25-11-10-22-17(26)13-25/h6-9H,5,10-14H2,1-4H3,(H,22,26)(H2,21,23,24). The average Bonchev–Trinajstić information content (AvgIpc) is 2.70. The summed E-state index contributed by atoms with van der Waals surface area (Å²) in [4.78, 5) is 30.1. The van der Waals surface area contributed by atoms with Gasteiger partial charge in [-0.05, 0) is 38.5 Å². The largest absolute Gasteiger partial charge is 0.377 e. The summed E-state index contributed by atoms with van der Waals surface area (Å²) in [6.45, 7) is 9.05. The first kappa shape index (κ1) is 21.7. The maximum Gasteiger partial charge on any atom is 0.254 e. The van der Waals surface area contributed by atoms with Crippen LogP contribution < -0.4 is 16.0 Å². The number of hydrogen-bond donors (Lipinski definition) is 3. The molecule has 3 N–H and O–H groups in total. The molecule has 0 aromatic heterocycles. The van der Waals surface area contributed by atoms with Crippen LogP contribution in [0.1, 0.15) is 36.7 Å². The summed E-state index contributed by atoms with van der Waals surface area (Å²) < 4.78 is 5.42. The number of ether oxygens (including phenoxy) is 1. The Kier molecular flexibility index (Phi) is 7.80. The highest BCUT2D eigenvalue weighted by molar-refractivity contribution is 5.97. The summed E-state index contributed by atoms with van der Waals surface area (Å²) in [6, 6.07) is 7.36. The fourth-order valence-electron chi connectivity index (χ4n) is 2.63. The van der Waals surface area contributed by atoms with Gasteiger partial charge in [-0.2, -0.15) is 0 Å². The Hall–Kier alpha value is -2.61. The molecular formula is C20H31N5O3. The van der Waals surface area contributed by atoms with Crippen LogP contribution in [0.2, 0.25) is 0 Å². The zero-order valence-electron chi connectivity index (χ0n) is 17.2. The fourth-order valence-corrected chi connectivity index (χ4v) is 2.63. The van der Waals surface area contributed by atoms with Crippen molar-refractivity contribution in [2.75, 3.05) is 39.8 Å². The molecule has 1 heterocycles. The van der Waals surface area contributed by atoms with Crippen molar-refractivity contribution in [3.63, 3.8) is 0 Å². The van der Waals surface area contributed by atoms with Crippen LogP contribution in [0.4, 0.5) is 0 Å². The molecule has 1 aromatic rings. The number of methoxy groups -OCH3 is 1. The van der Waals surface area contributed by atoms with Gasteiger partial charge in [0.2, 0.25) is 5.91 Å². The van der Waals surface area contributed by atoms with Gasteiger partial charge >= 0.3 is 0 Å². The molecule has 0 aliphatic carbocycles. The molecule has 0 bridgehead atoms.